The summed E-state index contributed by atoms with van der Waals surface area (Å²) in [5.41, 5.74) is 4.57. The zero-order valence-electron chi connectivity index (χ0n) is 22.4. The van der Waals surface area contributed by atoms with Crippen LogP contribution in [0.4, 0.5) is 4.79 Å². The number of carbonyl (C=O) groups excluding carboxylic acids is 1. The summed E-state index contributed by atoms with van der Waals surface area (Å²) >= 11 is 0. The molecule has 0 bridgehead atoms. The van der Waals surface area contributed by atoms with Crippen LogP contribution < -0.4 is 9.47 Å². The van der Waals surface area contributed by atoms with Gasteiger partial charge in [0, 0.05) is 18.4 Å². The highest BCUT2D eigenvalue weighted by Gasteiger charge is 2.36. The predicted molar refractivity (Wildman–Crippen MR) is 149 cm³/mol. The van der Waals surface area contributed by atoms with Crippen LogP contribution in [0.5, 0.6) is 11.5 Å². The fraction of sp³-hybridized carbons (Fsp3) is 0.281. The Hall–Kier alpha value is -4.59. The molecule has 1 amide bonds. The maximum absolute atomic E-state index is 13.1. The van der Waals surface area contributed by atoms with Gasteiger partial charge in [-0.25, -0.2) is 14.6 Å². The van der Waals surface area contributed by atoms with Crippen LogP contribution >= 0.6 is 0 Å². The Morgan fingerprint density at radius 1 is 1.00 bits per heavy atom. The molecule has 1 aromatic heterocycles. The number of rotatable bonds is 10. The fourth-order valence-electron chi connectivity index (χ4n) is 4.74. The summed E-state index contributed by atoms with van der Waals surface area (Å²) in [6, 6.07) is 21.6. The van der Waals surface area contributed by atoms with Crippen LogP contribution in [-0.4, -0.2) is 39.7 Å². The summed E-state index contributed by atoms with van der Waals surface area (Å²) in [6.45, 7) is 2.64. The first-order valence-corrected chi connectivity index (χ1v) is 13.5. The first kappa shape index (κ1) is 27.0. The number of carboxylic acids is 1. The molecule has 0 saturated heterocycles. The number of nitrogens with zero attached hydrogens (tertiary/aromatic N) is 2. The number of unbranched alkanes of at least 4 members (excludes halogenated alkanes) is 1. The normalized spacial score (nSPS) is 14.4. The van der Waals surface area contributed by atoms with Crippen LogP contribution in [-0.2, 0) is 30.6 Å². The Bertz CT molecular complexity index is 1450. The van der Waals surface area contributed by atoms with E-state index in [9.17, 15) is 14.7 Å². The average molecular weight is 541 g/mol. The van der Waals surface area contributed by atoms with Gasteiger partial charge in [0.15, 0.2) is 0 Å². The molecular weight excluding hydrogens is 508 g/mol. The molecule has 8 heteroatoms. The van der Waals surface area contributed by atoms with Crippen LogP contribution in [0.15, 0.2) is 83.5 Å². The Morgan fingerprint density at radius 3 is 2.52 bits per heavy atom. The number of carboxylic acid groups (broad SMARTS) is 1. The summed E-state index contributed by atoms with van der Waals surface area (Å²) in [6.07, 6.45) is 4.85. The van der Waals surface area contributed by atoms with Crippen molar-refractivity contribution in [1.29, 1.82) is 0 Å². The molecule has 1 unspecified atom stereocenters. The molecular formula is C32H32N2O6. The molecule has 4 aromatic rings. The molecule has 0 fully saturated rings. The average Bonchev–Trinajstić information content (AvgIpc) is 3.45. The third-order valence-corrected chi connectivity index (χ3v) is 6.97. The van der Waals surface area contributed by atoms with Gasteiger partial charge < -0.3 is 19.0 Å². The molecule has 0 saturated carbocycles. The molecule has 2 heterocycles. The van der Waals surface area contributed by atoms with E-state index in [1.165, 1.54) is 10.5 Å². The SMILES string of the molecule is CCCCc1ccc(OC(=O)N2Cc3cc(OCCc4coc(-c5ccccc5)n4)ccc3CC2C(=O)O)cc1. The van der Waals surface area contributed by atoms with Crippen molar-refractivity contribution in [2.45, 2.75) is 51.6 Å². The van der Waals surface area contributed by atoms with Crippen molar-refractivity contribution in [3.63, 3.8) is 0 Å². The summed E-state index contributed by atoms with van der Waals surface area (Å²) in [4.78, 5) is 30.9. The summed E-state index contributed by atoms with van der Waals surface area (Å²) < 4.78 is 17.1. The van der Waals surface area contributed by atoms with Gasteiger partial charge in [-0.2, -0.15) is 0 Å². The number of ether oxygens (including phenoxy) is 2. The fourth-order valence-corrected chi connectivity index (χ4v) is 4.74. The van der Waals surface area contributed by atoms with Gasteiger partial charge in [-0.1, -0.05) is 49.7 Å². The van der Waals surface area contributed by atoms with Crippen molar-refractivity contribution < 1.29 is 28.6 Å². The molecule has 40 heavy (non-hydrogen) atoms. The van der Waals surface area contributed by atoms with Crippen molar-refractivity contribution in [1.82, 2.24) is 9.88 Å². The summed E-state index contributed by atoms with van der Waals surface area (Å²) in [5, 5.41) is 9.83. The second kappa shape index (κ2) is 12.5. The molecule has 0 spiro atoms. The van der Waals surface area contributed by atoms with Crippen LogP contribution in [0.25, 0.3) is 11.5 Å². The lowest BCUT2D eigenvalue weighted by Gasteiger charge is -2.33. The van der Waals surface area contributed by atoms with E-state index in [4.69, 9.17) is 13.9 Å². The first-order valence-electron chi connectivity index (χ1n) is 13.5. The van der Waals surface area contributed by atoms with Crippen LogP contribution in [0.2, 0.25) is 0 Å². The van der Waals surface area contributed by atoms with E-state index >= 15 is 0 Å². The first-order chi connectivity index (χ1) is 19.5. The van der Waals surface area contributed by atoms with Gasteiger partial charge in [0.25, 0.3) is 0 Å². The highest BCUT2D eigenvalue weighted by Crippen LogP contribution is 2.29. The van der Waals surface area contributed by atoms with Crippen molar-refractivity contribution in [3.8, 4) is 23.0 Å². The van der Waals surface area contributed by atoms with E-state index in [-0.39, 0.29) is 13.0 Å². The quantitative estimate of drug-likeness (QED) is 0.251. The number of aliphatic carboxylic acids is 1. The third kappa shape index (κ3) is 6.51. The zero-order chi connectivity index (χ0) is 27.9. The van der Waals surface area contributed by atoms with Gasteiger partial charge in [-0.3, -0.25) is 4.90 Å². The molecule has 1 N–H and O–H groups in total. The van der Waals surface area contributed by atoms with E-state index in [1.54, 1.807) is 18.4 Å². The molecule has 1 aliphatic rings. The van der Waals surface area contributed by atoms with E-state index < -0.39 is 18.1 Å². The Morgan fingerprint density at radius 2 is 1.77 bits per heavy atom. The largest absolute Gasteiger partial charge is 0.493 e. The van der Waals surface area contributed by atoms with E-state index in [0.29, 0.717) is 30.4 Å². The molecule has 3 aromatic carbocycles. The monoisotopic (exact) mass is 540 g/mol. The second-order valence-electron chi connectivity index (χ2n) is 9.84. The molecule has 0 radical (unpaired) electrons. The maximum Gasteiger partial charge on any atom is 0.416 e. The number of fused-ring (bicyclic) bond motifs is 1. The molecule has 1 atom stereocenters. The number of aryl methyl sites for hydroxylation is 1. The Balaban J connectivity index is 1.21. The number of hydrogen-bond donors (Lipinski definition) is 1. The zero-order valence-corrected chi connectivity index (χ0v) is 22.4. The standard InChI is InChI=1S/C32H32N2O6/c1-2-3-7-22-10-13-27(14-11-22)40-32(37)34-20-25-18-28(15-12-24(25)19-29(34)31(35)36)38-17-16-26-21-39-30(33-26)23-8-5-4-6-9-23/h4-6,8-15,18,21,29H,2-3,7,16-17,19-20H2,1H3,(H,35,36). The molecule has 1 aliphatic heterocycles. The number of aromatic nitrogens is 1. The minimum atomic E-state index is -1.07. The molecule has 0 aliphatic carbocycles. The van der Waals surface area contributed by atoms with Crippen molar-refractivity contribution in [2.24, 2.45) is 0 Å². The smallest absolute Gasteiger partial charge is 0.416 e. The van der Waals surface area contributed by atoms with Crippen molar-refractivity contribution >= 4 is 12.1 Å². The van der Waals surface area contributed by atoms with Crippen molar-refractivity contribution in [3.05, 3.63) is 101 Å². The second-order valence-corrected chi connectivity index (χ2v) is 9.84. The highest BCUT2D eigenvalue weighted by molar-refractivity contribution is 5.82. The number of oxazole rings is 1. The predicted octanol–water partition coefficient (Wildman–Crippen LogP) is 6.32. The van der Waals surface area contributed by atoms with Crippen LogP contribution in [0.3, 0.4) is 0 Å². The molecule has 206 valence electrons. The third-order valence-electron chi connectivity index (χ3n) is 6.97. The van der Waals surface area contributed by atoms with Crippen molar-refractivity contribution in [2.75, 3.05) is 6.61 Å². The lowest BCUT2D eigenvalue weighted by atomic mass is 9.94. The summed E-state index contributed by atoms with van der Waals surface area (Å²) in [7, 11) is 0. The number of hydrogen-bond acceptors (Lipinski definition) is 6. The lowest BCUT2D eigenvalue weighted by molar-refractivity contribution is -0.143. The summed E-state index contributed by atoms with van der Waals surface area (Å²) in [5.74, 6) is 0.521. The van der Waals surface area contributed by atoms with E-state index in [1.807, 2.05) is 60.7 Å². The number of carbonyl (C=O) groups is 2. The van der Waals surface area contributed by atoms with Gasteiger partial charge >= 0.3 is 12.1 Å². The maximum atomic E-state index is 13.1. The Kier molecular flexibility index (Phi) is 8.44. The minimum absolute atomic E-state index is 0.112. The lowest BCUT2D eigenvalue weighted by Crippen LogP contribution is -2.49. The molecule has 5 rings (SSSR count). The number of amides is 1. The topological polar surface area (TPSA) is 102 Å². The Labute approximate surface area is 233 Å². The van der Waals surface area contributed by atoms with Gasteiger partial charge in [0.1, 0.15) is 23.8 Å². The van der Waals surface area contributed by atoms with Gasteiger partial charge in [-0.05, 0) is 65.9 Å². The van der Waals surface area contributed by atoms with Gasteiger partial charge in [0.2, 0.25) is 5.89 Å². The van der Waals surface area contributed by atoms with Gasteiger partial charge in [-0.15, -0.1) is 0 Å². The van der Waals surface area contributed by atoms with Crippen LogP contribution in [0, 0.1) is 0 Å². The minimum Gasteiger partial charge on any atom is -0.493 e. The van der Waals surface area contributed by atoms with Gasteiger partial charge in [0.05, 0.1) is 18.8 Å². The van der Waals surface area contributed by atoms with E-state index in [0.717, 1.165) is 41.6 Å². The number of benzene rings is 3. The molecule has 8 nitrogen and oxygen atoms in total. The highest BCUT2D eigenvalue weighted by atomic mass is 16.6. The van der Waals surface area contributed by atoms with E-state index in [2.05, 4.69) is 11.9 Å². The van der Waals surface area contributed by atoms with Crippen LogP contribution in [0.1, 0.15) is 42.1 Å².